The van der Waals surface area contributed by atoms with E-state index in [1.807, 2.05) is 63.2 Å². The van der Waals surface area contributed by atoms with Crippen molar-refractivity contribution in [1.82, 2.24) is 15.1 Å². The number of nitrogens with zero attached hydrogens (tertiary/aromatic N) is 2. The minimum absolute atomic E-state index is 0.0182. The third-order valence-corrected chi connectivity index (χ3v) is 5.20. The highest BCUT2D eigenvalue weighted by Crippen LogP contribution is 2.15. The van der Waals surface area contributed by atoms with Crippen LogP contribution in [-0.2, 0) is 16.1 Å². The normalized spacial score (nSPS) is 15.6. The lowest BCUT2D eigenvalue weighted by Crippen LogP contribution is -2.55. The van der Waals surface area contributed by atoms with E-state index in [1.54, 1.807) is 21.9 Å². The Morgan fingerprint density at radius 1 is 0.931 bits per heavy atom. The molecule has 6 nitrogen and oxygen atoms in total. The van der Waals surface area contributed by atoms with Gasteiger partial charge in [-0.3, -0.25) is 14.4 Å². The Balaban J connectivity index is 1.59. The highest BCUT2D eigenvalue weighted by Gasteiger charge is 2.33. The van der Waals surface area contributed by atoms with E-state index < -0.39 is 11.8 Å². The van der Waals surface area contributed by atoms with Crippen molar-refractivity contribution in [2.75, 3.05) is 13.1 Å². The molecule has 1 aliphatic rings. The van der Waals surface area contributed by atoms with E-state index in [9.17, 15) is 14.4 Å². The van der Waals surface area contributed by atoms with E-state index in [4.69, 9.17) is 0 Å². The number of carbonyl (C=O) groups is 3. The molecule has 0 saturated carbocycles. The van der Waals surface area contributed by atoms with Gasteiger partial charge in [0.1, 0.15) is 0 Å². The number of piperazine rings is 1. The second kappa shape index (κ2) is 8.90. The van der Waals surface area contributed by atoms with Crippen molar-refractivity contribution in [3.63, 3.8) is 0 Å². The van der Waals surface area contributed by atoms with Crippen molar-refractivity contribution in [1.29, 1.82) is 0 Å². The summed E-state index contributed by atoms with van der Waals surface area (Å²) in [5.41, 5.74) is 2.49. The first kappa shape index (κ1) is 20.6. The molecule has 3 rings (SSSR count). The Kier molecular flexibility index (Phi) is 6.32. The number of nitrogens with one attached hydrogen (secondary N) is 1. The molecule has 0 bridgehead atoms. The molecule has 1 aliphatic heterocycles. The van der Waals surface area contributed by atoms with Crippen LogP contribution >= 0.6 is 0 Å². The molecule has 0 unspecified atom stereocenters. The highest BCUT2D eigenvalue weighted by molar-refractivity contribution is 6.35. The SMILES string of the molecule is CC(C)N1CCN(Cc2ccc(C(=O)N[C@@H](C)c3ccccc3)cc2)C(=O)C1=O. The zero-order valence-corrected chi connectivity index (χ0v) is 17.1. The summed E-state index contributed by atoms with van der Waals surface area (Å²) in [6, 6.07) is 16.9. The van der Waals surface area contributed by atoms with Crippen molar-refractivity contribution in [3.8, 4) is 0 Å². The third kappa shape index (κ3) is 4.83. The topological polar surface area (TPSA) is 69.7 Å². The molecule has 1 saturated heterocycles. The van der Waals surface area contributed by atoms with Gasteiger partial charge in [-0.05, 0) is 44.0 Å². The van der Waals surface area contributed by atoms with Crippen LogP contribution in [0.4, 0.5) is 0 Å². The van der Waals surface area contributed by atoms with Gasteiger partial charge < -0.3 is 15.1 Å². The molecule has 3 amide bonds. The van der Waals surface area contributed by atoms with E-state index in [1.165, 1.54) is 0 Å². The molecule has 6 heteroatoms. The van der Waals surface area contributed by atoms with Gasteiger partial charge in [-0.25, -0.2) is 0 Å². The minimum atomic E-state index is -0.469. The second-order valence-electron chi connectivity index (χ2n) is 7.62. The molecule has 2 aromatic rings. The number of hydrogen-bond donors (Lipinski definition) is 1. The zero-order chi connectivity index (χ0) is 21.0. The minimum Gasteiger partial charge on any atom is -0.346 e. The van der Waals surface area contributed by atoms with Crippen LogP contribution in [0.5, 0.6) is 0 Å². The average Bonchev–Trinajstić information content (AvgIpc) is 2.72. The van der Waals surface area contributed by atoms with Crippen molar-refractivity contribution in [2.24, 2.45) is 0 Å². The van der Waals surface area contributed by atoms with Gasteiger partial charge >= 0.3 is 11.8 Å². The van der Waals surface area contributed by atoms with E-state index >= 15 is 0 Å². The Hall–Kier alpha value is -3.15. The predicted molar refractivity (Wildman–Crippen MR) is 111 cm³/mol. The molecule has 0 aromatic heterocycles. The second-order valence-corrected chi connectivity index (χ2v) is 7.62. The molecular weight excluding hydrogens is 366 g/mol. The molecule has 0 spiro atoms. The summed E-state index contributed by atoms with van der Waals surface area (Å²) in [6.07, 6.45) is 0. The maximum atomic E-state index is 12.5. The fourth-order valence-electron chi connectivity index (χ4n) is 3.42. The van der Waals surface area contributed by atoms with E-state index in [2.05, 4.69) is 5.32 Å². The molecule has 152 valence electrons. The van der Waals surface area contributed by atoms with Crippen molar-refractivity contribution >= 4 is 17.7 Å². The van der Waals surface area contributed by atoms with E-state index in [0.717, 1.165) is 11.1 Å². The monoisotopic (exact) mass is 393 g/mol. The van der Waals surface area contributed by atoms with Gasteiger partial charge in [0, 0.05) is 31.2 Å². The van der Waals surface area contributed by atoms with Crippen LogP contribution in [0.15, 0.2) is 54.6 Å². The Morgan fingerprint density at radius 3 is 2.21 bits per heavy atom. The van der Waals surface area contributed by atoms with Gasteiger partial charge in [-0.15, -0.1) is 0 Å². The van der Waals surface area contributed by atoms with Crippen LogP contribution in [0.2, 0.25) is 0 Å². The number of carbonyl (C=O) groups excluding carboxylic acids is 3. The maximum Gasteiger partial charge on any atom is 0.312 e. The summed E-state index contributed by atoms with van der Waals surface area (Å²) in [4.78, 5) is 40.2. The molecule has 1 heterocycles. The predicted octanol–water partition coefficient (Wildman–Crippen LogP) is 2.76. The van der Waals surface area contributed by atoms with Crippen molar-refractivity contribution < 1.29 is 14.4 Å². The van der Waals surface area contributed by atoms with Crippen LogP contribution < -0.4 is 5.32 Å². The third-order valence-electron chi connectivity index (χ3n) is 5.20. The van der Waals surface area contributed by atoms with Gasteiger partial charge in [-0.1, -0.05) is 42.5 Å². The van der Waals surface area contributed by atoms with E-state index in [-0.39, 0.29) is 18.0 Å². The van der Waals surface area contributed by atoms with Gasteiger partial charge in [0.05, 0.1) is 6.04 Å². The quantitative estimate of drug-likeness (QED) is 0.768. The fourth-order valence-corrected chi connectivity index (χ4v) is 3.42. The van der Waals surface area contributed by atoms with Gasteiger partial charge in [0.15, 0.2) is 0 Å². The maximum absolute atomic E-state index is 12.5. The number of amides is 3. The van der Waals surface area contributed by atoms with Crippen LogP contribution in [-0.4, -0.2) is 46.7 Å². The Morgan fingerprint density at radius 2 is 1.59 bits per heavy atom. The highest BCUT2D eigenvalue weighted by atomic mass is 16.2. The molecule has 1 fully saturated rings. The molecule has 1 atom stereocenters. The van der Waals surface area contributed by atoms with Gasteiger partial charge in [0.25, 0.3) is 5.91 Å². The lowest BCUT2D eigenvalue weighted by molar-refractivity contribution is -0.157. The molecule has 0 radical (unpaired) electrons. The Labute approximate surface area is 171 Å². The smallest absolute Gasteiger partial charge is 0.312 e. The summed E-state index contributed by atoms with van der Waals surface area (Å²) in [5, 5.41) is 2.99. The first-order valence-electron chi connectivity index (χ1n) is 9.91. The summed E-state index contributed by atoms with van der Waals surface area (Å²) in [7, 11) is 0. The lowest BCUT2D eigenvalue weighted by atomic mass is 10.1. The van der Waals surface area contributed by atoms with Crippen molar-refractivity contribution in [3.05, 3.63) is 71.3 Å². The first-order chi connectivity index (χ1) is 13.9. The molecule has 2 aromatic carbocycles. The number of hydrogen-bond acceptors (Lipinski definition) is 3. The Bertz CT molecular complexity index is 878. The fraction of sp³-hybridized carbons (Fsp3) is 0.348. The van der Waals surface area contributed by atoms with Gasteiger partial charge in [-0.2, -0.15) is 0 Å². The molecule has 1 N–H and O–H groups in total. The molecular formula is C23H27N3O3. The molecule has 0 aliphatic carbocycles. The van der Waals surface area contributed by atoms with E-state index in [0.29, 0.717) is 25.2 Å². The number of rotatable bonds is 6. The number of benzene rings is 2. The zero-order valence-electron chi connectivity index (χ0n) is 17.1. The largest absolute Gasteiger partial charge is 0.346 e. The standard InChI is InChI=1S/C23H27N3O3/c1-16(2)26-14-13-25(22(28)23(26)29)15-18-9-11-20(12-10-18)21(27)24-17(3)19-7-5-4-6-8-19/h4-12,16-17H,13-15H2,1-3H3,(H,24,27)/t17-/m0/s1. The first-order valence-corrected chi connectivity index (χ1v) is 9.91. The van der Waals surface area contributed by atoms with Crippen LogP contribution in [0.1, 0.15) is 48.3 Å². The van der Waals surface area contributed by atoms with Crippen LogP contribution in [0.3, 0.4) is 0 Å². The lowest BCUT2D eigenvalue weighted by Gasteiger charge is -2.36. The average molecular weight is 393 g/mol. The summed E-state index contributed by atoms with van der Waals surface area (Å²) < 4.78 is 0. The van der Waals surface area contributed by atoms with Crippen molar-refractivity contribution in [2.45, 2.75) is 39.4 Å². The summed E-state index contributed by atoms with van der Waals surface area (Å²) in [6.45, 7) is 7.17. The van der Waals surface area contributed by atoms with Crippen LogP contribution in [0, 0.1) is 0 Å². The molecule has 29 heavy (non-hydrogen) atoms. The van der Waals surface area contributed by atoms with Gasteiger partial charge in [0.2, 0.25) is 0 Å². The van der Waals surface area contributed by atoms with Crippen LogP contribution in [0.25, 0.3) is 0 Å². The summed E-state index contributed by atoms with van der Waals surface area (Å²) >= 11 is 0. The summed E-state index contributed by atoms with van der Waals surface area (Å²) in [5.74, 6) is -1.06.